The van der Waals surface area contributed by atoms with Gasteiger partial charge < -0.3 is 11.1 Å². The maximum absolute atomic E-state index is 11.7. The van der Waals surface area contributed by atoms with Crippen LogP contribution in [0.1, 0.15) is 23.7 Å². The van der Waals surface area contributed by atoms with Crippen LogP contribution in [0.15, 0.2) is 29.2 Å². The first-order chi connectivity index (χ1) is 7.63. The Morgan fingerprint density at radius 3 is 2.56 bits per heavy atom. The molecule has 0 saturated carbocycles. The lowest BCUT2D eigenvalue weighted by Crippen LogP contribution is -2.28. The van der Waals surface area contributed by atoms with Crippen LogP contribution in [0.3, 0.4) is 0 Å². The minimum Gasteiger partial charge on any atom is -0.352 e. The number of carbonyl (C=O) groups excluding carboxylic acids is 1. The third-order valence-electron chi connectivity index (χ3n) is 2.24. The molecular weight excluding hydrogens is 220 g/mol. The van der Waals surface area contributed by atoms with Gasteiger partial charge in [-0.2, -0.15) is 0 Å². The maximum atomic E-state index is 11.7. The van der Waals surface area contributed by atoms with Gasteiger partial charge in [0.2, 0.25) is 0 Å². The SMILES string of the molecule is CSc1ccc(C(=O)NCCC(C)N)cc1. The number of thioether (sulfide) groups is 1. The van der Waals surface area contributed by atoms with E-state index in [1.54, 1.807) is 11.8 Å². The molecule has 1 rings (SSSR count). The van der Waals surface area contributed by atoms with Crippen LogP contribution in [0.25, 0.3) is 0 Å². The first-order valence-electron chi connectivity index (χ1n) is 5.31. The number of rotatable bonds is 5. The fourth-order valence-corrected chi connectivity index (χ4v) is 1.67. The minimum atomic E-state index is -0.0340. The van der Waals surface area contributed by atoms with Crippen molar-refractivity contribution in [3.63, 3.8) is 0 Å². The molecule has 1 amide bonds. The van der Waals surface area contributed by atoms with Gasteiger partial charge >= 0.3 is 0 Å². The highest BCUT2D eigenvalue weighted by Gasteiger charge is 2.04. The summed E-state index contributed by atoms with van der Waals surface area (Å²) < 4.78 is 0. The average Bonchev–Trinajstić information content (AvgIpc) is 2.28. The number of benzene rings is 1. The van der Waals surface area contributed by atoms with Crippen molar-refractivity contribution < 1.29 is 4.79 Å². The number of amides is 1. The number of nitrogens with two attached hydrogens (primary N) is 1. The molecule has 0 spiro atoms. The Balaban J connectivity index is 2.46. The summed E-state index contributed by atoms with van der Waals surface area (Å²) >= 11 is 1.66. The molecule has 1 atom stereocenters. The molecule has 16 heavy (non-hydrogen) atoms. The highest BCUT2D eigenvalue weighted by Crippen LogP contribution is 2.14. The van der Waals surface area contributed by atoms with Crippen LogP contribution in [-0.4, -0.2) is 24.7 Å². The molecule has 1 unspecified atom stereocenters. The monoisotopic (exact) mass is 238 g/mol. The Labute approximate surface area is 101 Å². The molecule has 0 saturated heterocycles. The fraction of sp³-hybridized carbons (Fsp3) is 0.417. The lowest BCUT2D eigenvalue weighted by atomic mass is 10.2. The van der Waals surface area contributed by atoms with Crippen molar-refractivity contribution in [3.05, 3.63) is 29.8 Å². The van der Waals surface area contributed by atoms with Gasteiger partial charge in [0.1, 0.15) is 0 Å². The standard InChI is InChI=1S/C12H18N2OS/c1-9(13)7-8-14-12(15)10-3-5-11(16-2)6-4-10/h3-6,9H,7-8,13H2,1-2H3,(H,14,15). The zero-order chi connectivity index (χ0) is 12.0. The van der Waals surface area contributed by atoms with Gasteiger partial charge in [0.15, 0.2) is 0 Å². The van der Waals surface area contributed by atoms with E-state index in [1.165, 1.54) is 0 Å². The van der Waals surface area contributed by atoms with Gasteiger partial charge in [-0.3, -0.25) is 4.79 Å². The second-order valence-electron chi connectivity index (χ2n) is 3.75. The van der Waals surface area contributed by atoms with Crippen LogP contribution in [0.5, 0.6) is 0 Å². The van der Waals surface area contributed by atoms with Crippen LogP contribution in [0.2, 0.25) is 0 Å². The quantitative estimate of drug-likeness (QED) is 0.770. The average molecular weight is 238 g/mol. The van der Waals surface area contributed by atoms with Gasteiger partial charge in [0.05, 0.1) is 0 Å². The van der Waals surface area contributed by atoms with Crippen molar-refractivity contribution in [2.45, 2.75) is 24.3 Å². The third-order valence-corrected chi connectivity index (χ3v) is 2.98. The van der Waals surface area contributed by atoms with Gasteiger partial charge in [-0.15, -0.1) is 11.8 Å². The molecule has 0 heterocycles. The molecule has 0 aromatic heterocycles. The predicted molar refractivity (Wildman–Crippen MR) is 68.8 cm³/mol. The van der Waals surface area contributed by atoms with Crippen molar-refractivity contribution in [2.75, 3.05) is 12.8 Å². The Kier molecular flexibility index (Phi) is 5.35. The van der Waals surface area contributed by atoms with Crippen molar-refractivity contribution in [1.82, 2.24) is 5.32 Å². The molecule has 0 aliphatic heterocycles. The number of hydrogen-bond acceptors (Lipinski definition) is 3. The highest BCUT2D eigenvalue weighted by atomic mass is 32.2. The molecule has 1 aromatic rings. The lowest BCUT2D eigenvalue weighted by molar-refractivity contribution is 0.0952. The number of carbonyl (C=O) groups is 1. The second kappa shape index (κ2) is 6.55. The summed E-state index contributed by atoms with van der Waals surface area (Å²) in [6.07, 6.45) is 2.81. The smallest absolute Gasteiger partial charge is 0.251 e. The van der Waals surface area contributed by atoms with E-state index in [4.69, 9.17) is 5.73 Å². The number of nitrogens with one attached hydrogen (secondary N) is 1. The van der Waals surface area contributed by atoms with Crippen molar-refractivity contribution in [2.24, 2.45) is 5.73 Å². The van der Waals surface area contributed by atoms with Gasteiger partial charge in [0, 0.05) is 23.0 Å². The number of hydrogen-bond donors (Lipinski definition) is 2. The maximum Gasteiger partial charge on any atom is 0.251 e. The van der Waals surface area contributed by atoms with Crippen LogP contribution in [-0.2, 0) is 0 Å². The molecule has 4 heteroatoms. The van der Waals surface area contributed by atoms with Crippen LogP contribution in [0, 0.1) is 0 Å². The van der Waals surface area contributed by atoms with E-state index in [9.17, 15) is 4.79 Å². The predicted octanol–water partition coefficient (Wildman–Crippen LogP) is 1.88. The molecule has 88 valence electrons. The van der Waals surface area contributed by atoms with Crippen LogP contribution < -0.4 is 11.1 Å². The van der Waals surface area contributed by atoms with E-state index >= 15 is 0 Å². The Morgan fingerprint density at radius 1 is 1.44 bits per heavy atom. The molecule has 0 aliphatic carbocycles. The second-order valence-corrected chi connectivity index (χ2v) is 4.63. The molecule has 0 aliphatic rings. The summed E-state index contributed by atoms with van der Waals surface area (Å²) in [5.74, 6) is -0.0340. The van der Waals surface area contributed by atoms with E-state index in [0.717, 1.165) is 11.3 Å². The summed E-state index contributed by atoms with van der Waals surface area (Å²) in [7, 11) is 0. The molecule has 0 fully saturated rings. The van der Waals surface area contributed by atoms with Gasteiger partial charge in [-0.25, -0.2) is 0 Å². The zero-order valence-corrected chi connectivity index (χ0v) is 10.5. The van der Waals surface area contributed by atoms with E-state index in [-0.39, 0.29) is 11.9 Å². The van der Waals surface area contributed by atoms with Crippen LogP contribution >= 0.6 is 11.8 Å². The Bertz CT molecular complexity index is 335. The van der Waals surface area contributed by atoms with Crippen molar-refractivity contribution >= 4 is 17.7 Å². The molecule has 3 N–H and O–H groups in total. The van der Waals surface area contributed by atoms with E-state index in [0.29, 0.717) is 12.1 Å². The summed E-state index contributed by atoms with van der Waals surface area (Å²) in [4.78, 5) is 12.8. The highest BCUT2D eigenvalue weighted by molar-refractivity contribution is 7.98. The molecule has 0 bridgehead atoms. The van der Waals surface area contributed by atoms with E-state index in [2.05, 4.69) is 5.32 Å². The Morgan fingerprint density at radius 2 is 2.06 bits per heavy atom. The molecule has 0 radical (unpaired) electrons. The third kappa shape index (κ3) is 4.24. The van der Waals surface area contributed by atoms with Gasteiger partial charge in [-0.1, -0.05) is 0 Å². The van der Waals surface area contributed by atoms with Crippen LogP contribution in [0.4, 0.5) is 0 Å². The van der Waals surface area contributed by atoms with Crippen molar-refractivity contribution in [3.8, 4) is 0 Å². The summed E-state index contributed by atoms with van der Waals surface area (Å²) in [5, 5.41) is 2.84. The summed E-state index contributed by atoms with van der Waals surface area (Å²) in [6, 6.07) is 7.70. The van der Waals surface area contributed by atoms with E-state index in [1.807, 2.05) is 37.4 Å². The van der Waals surface area contributed by atoms with E-state index < -0.39 is 0 Å². The zero-order valence-electron chi connectivity index (χ0n) is 9.69. The molecule has 1 aromatic carbocycles. The fourth-order valence-electron chi connectivity index (χ4n) is 1.26. The van der Waals surface area contributed by atoms with Crippen molar-refractivity contribution in [1.29, 1.82) is 0 Å². The Hall–Kier alpha value is -1.00. The lowest BCUT2D eigenvalue weighted by Gasteiger charge is -2.07. The van der Waals surface area contributed by atoms with Gasteiger partial charge in [0.25, 0.3) is 5.91 Å². The molecular formula is C12H18N2OS. The summed E-state index contributed by atoms with van der Waals surface area (Å²) in [6.45, 7) is 2.56. The molecule has 3 nitrogen and oxygen atoms in total. The largest absolute Gasteiger partial charge is 0.352 e. The first-order valence-corrected chi connectivity index (χ1v) is 6.54. The van der Waals surface area contributed by atoms with Gasteiger partial charge in [-0.05, 0) is 43.9 Å². The normalized spacial score (nSPS) is 12.2. The summed E-state index contributed by atoms with van der Waals surface area (Å²) in [5.41, 5.74) is 6.30. The first kappa shape index (κ1) is 13.1. The topological polar surface area (TPSA) is 55.1 Å². The minimum absolute atomic E-state index is 0.0340.